The van der Waals surface area contributed by atoms with Gasteiger partial charge in [0.1, 0.15) is 0 Å². The van der Waals surface area contributed by atoms with Gasteiger partial charge in [0.05, 0.1) is 17.8 Å². The summed E-state index contributed by atoms with van der Waals surface area (Å²) in [5, 5.41) is 9.73. The van der Waals surface area contributed by atoms with Gasteiger partial charge in [-0.25, -0.2) is 0 Å². The zero-order valence-corrected chi connectivity index (χ0v) is 13.1. The number of aromatic amines is 1. The van der Waals surface area contributed by atoms with Crippen LogP contribution in [0.1, 0.15) is 47.4 Å². The number of hydrogen-bond donors (Lipinski definition) is 2. The maximum Gasteiger partial charge on any atom is 0.255 e. The molecule has 0 spiro atoms. The lowest BCUT2D eigenvalue weighted by Gasteiger charge is -2.20. The van der Waals surface area contributed by atoms with Crippen LogP contribution in [0.2, 0.25) is 0 Å². The quantitative estimate of drug-likeness (QED) is 0.912. The van der Waals surface area contributed by atoms with Crippen LogP contribution < -0.4 is 10.2 Å². The number of hydrogen-bond acceptors (Lipinski definition) is 3. The van der Waals surface area contributed by atoms with Crippen molar-refractivity contribution in [3.63, 3.8) is 0 Å². The third kappa shape index (κ3) is 2.98. The van der Waals surface area contributed by atoms with Gasteiger partial charge in [0.2, 0.25) is 0 Å². The molecule has 116 valence electrons. The average Bonchev–Trinajstić information content (AvgIpc) is 3.18. The van der Waals surface area contributed by atoms with Crippen molar-refractivity contribution in [3.8, 4) is 0 Å². The van der Waals surface area contributed by atoms with Crippen LogP contribution in [0.4, 0.5) is 5.69 Å². The molecule has 2 aromatic rings. The summed E-state index contributed by atoms with van der Waals surface area (Å²) in [6.45, 7) is 6.10. The molecule has 3 rings (SSSR count). The molecule has 1 aliphatic heterocycles. The molecule has 1 aromatic carbocycles. The Balaban J connectivity index is 1.72. The Morgan fingerprint density at radius 3 is 2.82 bits per heavy atom. The van der Waals surface area contributed by atoms with Crippen LogP contribution in [0.15, 0.2) is 30.5 Å². The number of aromatic nitrogens is 2. The van der Waals surface area contributed by atoms with Crippen LogP contribution in [0, 0.1) is 6.92 Å². The number of rotatable bonds is 4. The maximum atomic E-state index is 12.3. The lowest BCUT2D eigenvalue weighted by molar-refractivity contribution is 0.0939. The summed E-state index contributed by atoms with van der Waals surface area (Å²) >= 11 is 0. The van der Waals surface area contributed by atoms with Crippen LogP contribution in [0.5, 0.6) is 0 Å². The number of anilines is 1. The van der Waals surface area contributed by atoms with Crippen LogP contribution >= 0.6 is 0 Å². The Kier molecular flexibility index (Phi) is 4.13. The van der Waals surface area contributed by atoms with Crippen LogP contribution in [-0.4, -0.2) is 29.2 Å². The minimum Gasteiger partial charge on any atom is -0.372 e. The van der Waals surface area contributed by atoms with Gasteiger partial charge in [-0.3, -0.25) is 9.89 Å². The van der Waals surface area contributed by atoms with Gasteiger partial charge < -0.3 is 10.2 Å². The third-order valence-electron chi connectivity index (χ3n) is 4.26. The SMILES string of the molecule is Cc1[nH]ncc1C(=O)NC(C)c1cccc(N2CCCC2)c1. The summed E-state index contributed by atoms with van der Waals surface area (Å²) in [4.78, 5) is 14.7. The van der Waals surface area contributed by atoms with E-state index in [2.05, 4.69) is 44.7 Å². The molecule has 1 fully saturated rings. The Morgan fingerprint density at radius 1 is 1.36 bits per heavy atom. The molecule has 5 nitrogen and oxygen atoms in total. The number of nitrogens with zero attached hydrogens (tertiary/aromatic N) is 2. The Labute approximate surface area is 130 Å². The number of aryl methyl sites for hydroxylation is 1. The van der Waals surface area contributed by atoms with Gasteiger partial charge in [-0.05, 0) is 44.4 Å². The first kappa shape index (κ1) is 14.6. The third-order valence-corrected chi connectivity index (χ3v) is 4.26. The summed E-state index contributed by atoms with van der Waals surface area (Å²) in [6.07, 6.45) is 4.09. The van der Waals surface area contributed by atoms with Crippen molar-refractivity contribution < 1.29 is 4.79 Å². The lowest BCUT2D eigenvalue weighted by atomic mass is 10.1. The molecule has 5 heteroatoms. The van der Waals surface area contributed by atoms with Crippen LogP contribution in [0.25, 0.3) is 0 Å². The predicted molar refractivity (Wildman–Crippen MR) is 87.1 cm³/mol. The average molecular weight is 298 g/mol. The van der Waals surface area contributed by atoms with Crippen molar-refractivity contribution in [1.82, 2.24) is 15.5 Å². The molecule has 1 aromatic heterocycles. The van der Waals surface area contributed by atoms with E-state index in [9.17, 15) is 4.79 Å². The number of nitrogens with one attached hydrogen (secondary N) is 2. The molecule has 1 saturated heterocycles. The maximum absolute atomic E-state index is 12.3. The fraction of sp³-hybridized carbons (Fsp3) is 0.412. The van der Waals surface area contributed by atoms with Gasteiger partial charge in [-0.2, -0.15) is 5.10 Å². The summed E-state index contributed by atoms with van der Waals surface area (Å²) in [7, 11) is 0. The van der Waals surface area contributed by atoms with E-state index in [0.717, 1.165) is 24.3 Å². The van der Waals surface area contributed by atoms with Gasteiger partial charge in [-0.1, -0.05) is 12.1 Å². The van der Waals surface area contributed by atoms with Gasteiger partial charge in [0.25, 0.3) is 5.91 Å². The Hall–Kier alpha value is -2.30. The smallest absolute Gasteiger partial charge is 0.255 e. The fourth-order valence-corrected chi connectivity index (χ4v) is 2.90. The molecule has 22 heavy (non-hydrogen) atoms. The van der Waals surface area contributed by atoms with E-state index in [-0.39, 0.29) is 11.9 Å². The molecule has 0 aliphatic carbocycles. The van der Waals surface area contributed by atoms with E-state index >= 15 is 0 Å². The first-order valence-corrected chi connectivity index (χ1v) is 7.81. The molecule has 0 bridgehead atoms. The number of amides is 1. The lowest BCUT2D eigenvalue weighted by Crippen LogP contribution is -2.27. The zero-order valence-electron chi connectivity index (χ0n) is 13.1. The standard InChI is InChI=1S/C17H22N4O/c1-12(19-17(22)16-11-18-20-13(16)2)14-6-5-7-15(10-14)21-8-3-4-9-21/h5-7,10-12H,3-4,8-9H2,1-2H3,(H,18,20)(H,19,22). The van der Waals surface area contributed by atoms with Gasteiger partial charge in [-0.15, -0.1) is 0 Å². The van der Waals surface area contributed by atoms with Crippen molar-refractivity contribution in [2.75, 3.05) is 18.0 Å². The molecular formula is C17H22N4O. The molecule has 1 unspecified atom stereocenters. The molecule has 0 radical (unpaired) electrons. The van der Waals surface area contributed by atoms with Gasteiger partial charge in [0.15, 0.2) is 0 Å². The normalized spacial score (nSPS) is 15.8. The summed E-state index contributed by atoms with van der Waals surface area (Å²) in [5.74, 6) is -0.0923. The molecule has 0 saturated carbocycles. The minimum absolute atomic E-state index is 0.0376. The van der Waals surface area contributed by atoms with Crippen molar-refractivity contribution in [3.05, 3.63) is 47.3 Å². The van der Waals surface area contributed by atoms with Gasteiger partial charge >= 0.3 is 0 Å². The highest BCUT2D eigenvalue weighted by Crippen LogP contribution is 2.24. The Morgan fingerprint density at radius 2 is 2.14 bits per heavy atom. The van der Waals surface area contributed by atoms with Crippen LogP contribution in [0.3, 0.4) is 0 Å². The van der Waals surface area contributed by atoms with Crippen molar-refractivity contribution in [2.45, 2.75) is 32.7 Å². The first-order valence-electron chi connectivity index (χ1n) is 7.81. The predicted octanol–water partition coefficient (Wildman–Crippen LogP) is 2.81. The van der Waals surface area contributed by atoms with E-state index in [1.54, 1.807) is 6.20 Å². The second-order valence-electron chi connectivity index (χ2n) is 5.89. The number of carbonyl (C=O) groups excluding carboxylic acids is 1. The molecule has 1 aliphatic rings. The second kappa shape index (κ2) is 6.22. The number of H-pyrrole nitrogens is 1. The van der Waals surface area contributed by atoms with Crippen LogP contribution in [-0.2, 0) is 0 Å². The summed E-state index contributed by atoms with van der Waals surface area (Å²) in [6, 6.07) is 8.41. The van der Waals surface area contributed by atoms with Crippen molar-refractivity contribution in [1.29, 1.82) is 0 Å². The molecule has 1 atom stereocenters. The van der Waals surface area contributed by atoms with Crippen molar-refractivity contribution >= 4 is 11.6 Å². The fourth-order valence-electron chi connectivity index (χ4n) is 2.90. The highest BCUT2D eigenvalue weighted by atomic mass is 16.1. The first-order chi connectivity index (χ1) is 10.6. The highest BCUT2D eigenvalue weighted by molar-refractivity contribution is 5.95. The minimum atomic E-state index is -0.0923. The summed E-state index contributed by atoms with van der Waals surface area (Å²) in [5.41, 5.74) is 3.76. The topological polar surface area (TPSA) is 61.0 Å². The molecule has 1 amide bonds. The van der Waals surface area contributed by atoms with E-state index in [4.69, 9.17) is 0 Å². The van der Waals surface area contributed by atoms with E-state index in [1.165, 1.54) is 18.5 Å². The highest BCUT2D eigenvalue weighted by Gasteiger charge is 2.17. The second-order valence-corrected chi connectivity index (χ2v) is 5.89. The van der Waals surface area contributed by atoms with E-state index in [0.29, 0.717) is 5.56 Å². The number of benzene rings is 1. The molecule has 2 heterocycles. The monoisotopic (exact) mass is 298 g/mol. The Bertz CT molecular complexity index is 658. The van der Waals surface area contributed by atoms with E-state index in [1.807, 2.05) is 13.8 Å². The number of carbonyl (C=O) groups is 1. The zero-order chi connectivity index (χ0) is 15.5. The van der Waals surface area contributed by atoms with Crippen molar-refractivity contribution in [2.24, 2.45) is 0 Å². The van der Waals surface area contributed by atoms with Gasteiger partial charge in [0, 0.05) is 24.5 Å². The largest absolute Gasteiger partial charge is 0.372 e. The summed E-state index contributed by atoms with van der Waals surface area (Å²) < 4.78 is 0. The van der Waals surface area contributed by atoms with E-state index < -0.39 is 0 Å². The molecular weight excluding hydrogens is 276 g/mol. The molecule has 2 N–H and O–H groups in total.